The van der Waals surface area contributed by atoms with Gasteiger partial charge in [-0.25, -0.2) is 4.99 Å². The number of aliphatic imine (C=N–C) groups is 1. The smallest absolute Gasteiger partial charge is 0.191 e. The molecule has 1 aliphatic rings. The molecule has 1 fully saturated rings. The molecule has 1 saturated heterocycles. The van der Waals surface area contributed by atoms with Gasteiger partial charge in [0.15, 0.2) is 5.96 Å². The number of hydrogen-bond acceptors (Lipinski definition) is 4. The minimum atomic E-state index is 0. The molecular weight excluding hydrogens is 479 g/mol. The number of likely N-dealkylation sites (tertiary alicyclic amines) is 1. The number of aryl methyl sites for hydroxylation is 2. The molecule has 29 heavy (non-hydrogen) atoms. The van der Waals surface area contributed by atoms with Crippen LogP contribution in [0.2, 0.25) is 0 Å². The van der Waals surface area contributed by atoms with Crippen LogP contribution in [-0.2, 0) is 6.54 Å². The number of phenols is 1. The number of nitrogens with one attached hydrogen (secondary N) is 2. The van der Waals surface area contributed by atoms with Crippen LogP contribution in [0.4, 0.5) is 0 Å². The molecule has 2 aromatic rings. The second kappa shape index (κ2) is 11.4. The summed E-state index contributed by atoms with van der Waals surface area (Å²) in [5.74, 6) is 2.15. The van der Waals surface area contributed by atoms with E-state index in [1.165, 1.54) is 12.8 Å². The zero-order chi connectivity index (χ0) is 19.9. The summed E-state index contributed by atoms with van der Waals surface area (Å²) in [6, 6.07) is 8.19. The van der Waals surface area contributed by atoms with E-state index in [0.29, 0.717) is 12.3 Å². The third kappa shape index (κ3) is 6.37. The Morgan fingerprint density at radius 1 is 1.21 bits per heavy atom. The number of halogens is 1. The van der Waals surface area contributed by atoms with Crippen LogP contribution >= 0.6 is 24.0 Å². The largest absolute Gasteiger partial charge is 0.507 e. The van der Waals surface area contributed by atoms with Gasteiger partial charge in [0, 0.05) is 13.1 Å². The molecule has 0 amide bonds. The summed E-state index contributed by atoms with van der Waals surface area (Å²) in [6.07, 6.45) is 4.23. The van der Waals surface area contributed by atoms with Crippen molar-refractivity contribution in [2.45, 2.75) is 46.2 Å². The number of aromatic hydroxyl groups is 1. The Balaban J connectivity index is 0.00000300. The van der Waals surface area contributed by atoms with Crippen molar-refractivity contribution in [1.29, 1.82) is 0 Å². The molecular formula is C22H33IN4O2. The maximum atomic E-state index is 9.96. The number of hydrogen-bond donors (Lipinski definition) is 3. The highest BCUT2D eigenvalue weighted by molar-refractivity contribution is 14.0. The maximum Gasteiger partial charge on any atom is 0.191 e. The van der Waals surface area contributed by atoms with Gasteiger partial charge in [0.25, 0.3) is 0 Å². The molecule has 0 bridgehead atoms. The molecule has 1 atom stereocenters. The van der Waals surface area contributed by atoms with Crippen molar-refractivity contribution in [3.63, 3.8) is 0 Å². The fourth-order valence-electron chi connectivity index (χ4n) is 3.79. The first-order chi connectivity index (χ1) is 13.6. The Kier molecular flexibility index (Phi) is 9.29. The summed E-state index contributed by atoms with van der Waals surface area (Å²) in [5, 5.41) is 16.8. The van der Waals surface area contributed by atoms with Crippen molar-refractivity contribution in [2.75, 3.05) is 26.2 Å². The number of guanidine groups is 1. The molecule has 6 nitrogen and oxygen atoms in total. The second-order valence-electron chi connectivity index (χ2n) is 7.43. The van der Waals surface area contributed by atoms with Gasteiger partial charge in [0.05, 0.1) is 18.8 Å². The standard InChI is InChI=1S/C22H32N4O2.HI/c1-4-23-22(24-14-18-12-16(2)21(27)17(3)13-18)25-15-19(20-8-7-11-28-20)26-9-5-6-10-26;/h7-8,11-13,19,27H,4-6,9-10,14-15H2,1-3H3,(H2,23,24,25);1H. The Labute approximate surface area is 190 Å². The fraction of sp³-hybridized carbons (Fsp3) is 0.500. The highest BCUT2D eigenvalue weighted by Crippen LogP contribution is 2.25. The van der Waals surface area contributed by atoms with Crippen LogP contribution in [0, 0.1) is 13.8 Å². The van der Waals surface area contributed by atoms with Crippen LogP contribution in [-0.4, -0.2) is 42.1 Å². The van der Waals surface area contributed by atoms with Gasteiger partial charge < -0.3 is 20.2 Å². The second-order valence-corrected chi connectivity index (χ2v) is 7.43. The maximum absolute atomic E-state index is 9.96. The number of phenolic OH excluding ortho intramolecular Hbond substituents is 1. The fourth-order valence-corrected chi connectivity index (χ4v) is 3.79. The van der Waals surface area contributed by atoms with E-state index in [-0.39, 0.29) is 30.0 Å². The summed E-state index contributed by atoms with van der Waals surface area (Å²) >= 11 is 0. The van der Waals surface area contributed by atoms with Gasteiger partial charge in [0.1, 0.15) is 11.5 Å². The predicted molar refractivity (Wildman–Crippen MR) is 128 cm³/mol. The van der Waals surface area contributed by atoms with Crippen LogP contribution in [0.15, 0.2) is 39.9 Å². The van der Waals surface area contributed by atoms with E-state index in [9.17, 15) is 5.11 Å². The van der Waals surface area contributed by atoms with Crippen molar-refractivity contribution in [1.82, 2.24) is 15.5 Å². The zero-order valence-corrected chi connectivity index (χ0v) is 19.9. The molecule has 1 aromatic heterocycles. The number of benzene rings is 1. The summed E-state index contributed by atoms with van der Waals surface area (Å²) in [6.45, 7) is 10.2. The number of furan rings is 1. The normalized spacial score (nSPS) is 15.8. The minimum absolute atomic E-state index is 0. The van der Waals surface area contributed by atoms with Crippen LogP contribution < -0.4 is 10.6 Å². The van der Waals surface area contributed by atoms with Crippen molar-refractivity contribution in [2.24, 2.45) is 4.99 Å². The topological polar surface area (TPSA) is 73.0 Å². The summed E-state index contributed by atoms with van der Waals surface area (Å²) in [7, 11) is 0. The first-order valence-electron chi connectivity index (χ1n) is 10.2. The summed E-state index contributed by atoms with van der Waals surface area (Å²) < 4.78 is 5.70. The van der Waals surface area contributed by atoms with Gasteiger partial charge in [-0.1, -0.05) is 12.1 Å². The molecule has 0 saturated carbocycles. The van der Waals surface area contributed by atoms with E-state index in [4.69, 9.17) is 9.41 Å². The van der Waals surface area contributed by atoms with Crippen LogP contribution in [0.1, 0.15) is 48.3 Å². The molecule has 3 N–H and O–H groups in total. The SMILES string of the molecule is CCNC(=NCc1cc(C)c(O)c(C)c1)NCC(c1ccco1)N1CCCC1.I. The summed E-state index contributed by atoms with van der Waals surface area (Å²) in [5.41, 5.74) is 2.86. The number of nitrogens with zero attached hydrogens (tertiary/aromatic N) is 2. The molecule has 3 rings (SSSR count). The van der Waals surface area contributed by atoms with E-state index in [0.717, 1.165) is 54.6 Å². The van der Waals surface area contributed by atoms with E-state index in [2.05, 4.69) is 28.5 Å². The molecule has 0 radical (unpaired) electrons. The average Bonchev–Trinajstić information content (AvgIpc) is 3.38. The van der Waals surface area contributed by atoms with Gasteiger partial charge in [-0.15, -0.1) is 24.0 Å². The van der Waals surface area contributed by atoms with E-state index in [1.54, 1.807) is 6.26 Å². The van der Waals surface area contributed by atoms with Gasteiger partial charge in [-0.05, 0) is 75.5 Å². The monoisotopic (exact) mass is 512 g/mol. The van der Waals surface area contributed by atoms with Crippen molar-refractivity contribution < 1.29 is 9.52 Å². The van der Waals surface area contributed by atoms with Gasteiger partial charge in [-0.3, -0.25) is 4.90 Å². The lowest BCUT2D eigenvalue weighted by Gasteiger charge is -2.26. The minimum Gasteiger partial charge on any atom is -0.507 e. The lowest BCUT2D eigenvalue weighted by molar-refractivity contribution is 0.215. The Morgan fingerprint density at radius 2 is 1.90 bits per heavy atom. The predicted octanol–water partition coefficient (Wildman–Crippen LogP) is 4.11. The molecule has 2 heterocycles. The molecule has 7 heteroatoms. The van der Waals surface area contributed by atoms with E-state index >= 15 is 0 Å². The Morgan fingerprint density at radius 3 is 2.48 bits per heavy atom. The average molecular weight is 512 g/mol. The lowest BCUT2D eigenvalue weighted by atomic mass is 10.1. The molecule has 1 unspecified atom stereocenters. The van der Waals surface area contributed by atoms with E-state index < -0.39 is 0 Å². The molecule has 1 aliphatic heterocycles. The van der Waals surface area contributed by atoms with E-state index in [1.807, 2.05) is 32.0 Å². The zero-order valence-electron chi connectivity index (χ0n) is 17.6. The highest BCUT2D eigenvalue weighted by Gasteiger charge is 2.25. The molecule has 160 valence electrons. The molecule has 1 aromatic carbocycles. The van der Waals surface area contributed by atoms with Crippen LogP contribution in [0.5, 0.6) is 5.75 Å². The van der Waals surface area contributed by atoms with Gasteiger partial charge in [-0.2, -0.15) is 0 Å². The van der Waals surface area contributed by atoms with Crippen molar-refractivity contribution in [3.05, 3.63) is 53.0 Å². The molecule has 0 spiro atoms. The first kappa shape index (κ1) is 23.5. The van der Waals surface area contributed by atoms with Gasteiger partial charge >= 0.3 is 0 Å². The third-order valence-corrected chi connectivity index (χ3v) is 5.23. The quantitative estimate of drug-likeness (QED) is 0.296. The third-order valence-electron chi connectivity index (χ3n) is 5.23. The molecule has 0 aliphatic carbocycles. The highest BCUT2D eigenvalue weighted by atomic mass is 127. The number of rotatable bonds is 7. The van der Waals surface area contributed by atoms with Crippen LogP contribution in [0.25, 0.3) is 0 Å². The van der Waals surface area contributed by atoms with Crippen molar-refractivity contribution >= 4 is 29.9 Å². The van der Waals surface area contributed by atoms with Gasteiger partial charge in [0.2, 0.25) is 0 Å². The van der Waals surface area contributed by atoms with Crippen molar-refractivity contribution in [3.8, 4) is 5.75 Å². The van der Waals surface area contributed by atoms with Crippen LogP contribution in [0.3, 0.4) is 0 Å². The lowest BCUT2D eigenvalue weighted by Crippen LogP contribution is -2.42. The Bertz CT molecular complexity index is 763. The Hall–Kier alpha value is -1.74. The summed E-state index contributed by atoms with van der Waals surface area (Å²) in [4.78, 5) is 7.21. The first-order valence-corrected chi connectivity index (χ1v) is 10.2.